The van der Waals surface area contributed by atoms with Crippen molar-refractivity contribution in [3.8, 4) is 0 Å². The summed E-state index contributed by atoms with van der Waals surface area (Å²) in [6, 6.07) is 0. The van der Waals surface area contributed by atoms with Gasteiger partial charge < -0.3 is 10.0 Å². The van der Waals surface area contributed by atoms with Gasteiger partial charge in [0.1, 0.15) is 0 Å². The summed E-state index contributed by atoms with van der Waals surface area (Å²) in [7, 11) is 0. The molecule has 0 spiro atoms. The Balaban J connectivity index is 3.76. The van der Waals surface area contributed by atoms with E-state index < -0.39 is 0 Å². The zero-order chi connectivity index (χ0) is 9.40. The van der Waals surface area contributed by atoms with E-state index in [2.05, 4.69) is 6.58 Å². The normalized spacial score (nSPS) is 9.50. The van der Waals surface area contributed by atoms with Crippen LogP contribution in [-0.4, -0.2) is 35.6 Å². The van der Waals surface area contributed by atoms with Gasteiger partial charge in [0.2, 0.25) is 5.91 Å². The molecule has 0 aliphatic carbocycles. The van der Waals surface area contributed by atoms with Crippen LogP contribution in [0.4, 0.5) is 0 Å². The van der Waals surface area contributed by atoms with E-state index in [1.165, 1.54) is 0 Å². The highest BCUT2D eigenvalue weighted by Gasteiger charge is 2.08. The van der Waals surface area contributed by atoms with Crippen molar-refractivity contribution in [2.45, 2.75) is 19.8 Å². The average molecular weight is 171 g/mol. The molecule has 3 heteroatoms. The number of hydrogen-bond donors (Lipinski definition) is 1. The molecule has 3 nitrogen and oxygen atoms in total. The van der Waals surface area contributed by atoms with E-state index in [4.69, 9.17) is 5.11 Å². The second kappa shape index (κ2) is 6.85. The molecule has 0 aromatic carbocycles. The summed E-state index contributed by atoms with van der Waals surface area (Å²) in [6.07, 6.45) is 2.93. The molecular weight excluding hydrogens is 154 g/mol. The fourth-order valence-electron chi connectivity index (χ4n) is 0.964. The number of likely N-dealkylation sites (N-methyl/N-ethyl adjacent to an activating group) is 1. The van der Waals surface area contributed by atoms with Gasteiger partial charge in [-0.05, 0) is 13.3 Å². The van der Waals surface area contributed by atoms with E-state index in [-0.39, 0.29) is 12.5 Å². The molecule has 12 heavy (non-hydrogen) atoms. The standard InChI is InChI=1S/C9H17NO2/c1-3-5-6-9(12)10(4-2)7-8-11/h3,11H,1,4-8H2,2H3. The van der Waals surface area contributed by atoms with Crippen molar-refractivity contribution in [2.75, 3.05) is 19.7 Å². The van der Waals surface area contributed by atoms with E-state index in [0.717, 1.165) is 0 Å². The lowest BCUT2D eigenvalue weighted by atomic mass is 10.2. The summed E-state index contributed by atoms with van der Waals surface area (Å²) in [4.78, 5) is 12.9. The Morgan fingerprint density at radius 2 is 2.33 bits per heavy atom. The highest BCUT2D eigenvalue weighted by atomic mass is 16.3. The molecule has 1 N–H and O–H groups in total. The number of hydrogen-bond acceptors (Lipinski definition) is 2. The second-order valence-corrected chi connectivity index (χ2v) is 2.52. The molecule has 70 valence electrons. The fourth-order valence-corrected chi connectivity index (χ4v) is 0.964. The topological polar surface area (TPSA) is 40.5 Å². The number of allylic oxidation sites excluding steroid dienone is 1. The summed E-state index contributed by atoms with van der Waals surface area (Å²) in [5.41, 5.74) is 0. The third-order valence-corrected chi connectivity index (χ3v) is 1.67. The quantitative estimate of drug-likeness (QED) is 0.600. The molecule has 0 saturated heterocycles. The lowest BCUT2D eigenvalue weighted by Gasteiger charge is -2.18. The maximum absolute atomic E-state index is 11.3. The van der Waals surface area contributed by atoms with Crippen LogP contribution in [0.3, 0.4) is 0 Å². The van der Waals surface area contributed by atoms with Crippen molar-refractivity contribution in [1.82, 2.24) is 4.90 Å². The number of amides is 1. The summed E-state index contributed by atoms with van der Waals surface area (Å²) in [5.74, 6) is 0.0893. The lowest BCUT2D eigenvalue weighted by Crippen LogP contribution is -2.32. The van der Waals surface area contributed by atoms with Crippen molar-refractivity contribution in [1.29, 1.82) is 0 Å². The van der Waals surface area contributed by atoms with Gasteiger partial charge in [0.15, 0.2) is 0 Å². The van der Waals surface area contributed by atoms with E-state index in [0.29, 0.717) is 25.9 Å². The van der Waals surface area contributed by atoms with Crippen LogP contribution in [0.1, 0.15) is 19.8 Å². The van der Waals surface area contributed by atoms with Crippen molar-refractivity contribution in [3.05, 3.63) is 12.7 Å². The Labute approximate surface area is 73.7 Å². The molecule has 0 bridgehead atoms. The maximum Gasteiger partial charge on any atom is 0.222 e. The van der Waals surface area contributed by atoms with Gasteiger partial charge in [0.25, 0.3) is 0 Å². The Morgan fingerprint density at radius 3 is 2.75 bits per heavy atom. The molecular formula is C9H17NO2. The van der Waals surface area contributed by atoms with E-state index in [1.54, 1.807) is 11.0 Å². The predicted octanol–water partition coefficient (Wildman–Crippen LogP) is 0.793. The molecule has 0 aromatic rings. The average Bonchev–Trinajstić information content (AvgIpc) is 2.10. The van der Waals surface area contributed by atoms with Crippen LogP contribution >= 0.6 is 0 Å². The van der Waals surface area contributed by atoms with Gasteiger partial charge in [0.05, 0.1) is 6.61 Å². The summed E-state index contributed by atoms with van der Waals surface area (Å²) >= 11 is 0. The Kier molecular flexibility index (Phi) is 6.38. The second-order valence-electron chi connectivity index (χ2n) is 2.52. The molecule has 1 amide bonds. The maximum atomic E-state index is 11.3. The number of nitrogens with zero attached hydrogens (tertiary/aromatic N) is 1. The van der Waals surface area contributed by atoms with Crippen LogP contribution in [0, 0.1) is 0 Å². The summed E-state index contributed by atoms with van der Waals surface area (Å²) in [5, 5.41) is 8.63. The summed E-state index contributed by atoms with van der Waals surface area (Å²) < 4.78 is 0. The van der Waals surface area contributed by atoms with Gasteiger partial charge in [-0.2, -0.15) is 0 Å². The molecule has 0 heterocycles. The zero-order valence-corrected chi connectivity index (χ0v) is 7.62. The Hall–Kier alpha value is -0.830. The Morgan fingerprint density at radius 1 is 1.67 bits per heavy atom. The first kappa shape index (κ1) is 11.2. The summed E-state index contributed by atoms with van der Waals surface area (Å²) in [6.45, 7) is 6.58. The van der Waals surface area contributed by atoms with Crippen LogP contribution < -0.4 is 0 Å². The minimum absolute atomic E-state index is 0.0354. The predicted molar refractivity (Wildman–Crippen MR) is 48.8 cm³/mol. The SMILES string of the molecule is C=CCCC(=O)N(CC)CCO. The largest absolute Gasteiger partial charge is 0.395 e. The Bertz CT molecular complexity index is 145. The molecule has 0 aliphatic rings. The molecule has 0 rings (SSSR count). The number of carbonyl (C=O) groups is 1. The van der Waals surface area contributed by atoms with Crippen molar-refractivity contribution >= 4 is 5.91 Å². The molecule has 0 radical (unpaired) electrons. The van der Waals surface area contributed by atoms with E-state index in [9.17, 15) is 4.79 Å². The number of aliphatic hydroxyl groups is 1. The van der Waals surface area contributed by atoms with Gasteiger partial charge in [-0.3, -0.25) is 4.79 Å². The lowest BCUT2D eigenvalue weighted by molar-refractivity contribution is -0.131. The minimum atomic E-state index is 0.0354. The molecule has 0 aromatic heterocycles. The van der Waals surface area contributed by atoms with Crippen LogP contribution in [0.25, 0.3) is 0 Å². The molecule has 0 aliphatic heterocycles. The third-order valence-electron chi connectivity index (χ3n) is 1.67. The monoisotopic (exact) mass is 171 g/mol. The van der Waals surface area contributed by atoms with Crippen molar-refractivity contribution < 1.29 is 9.90 Å². The molecule has 0 saturated carbocycles. The van der Waals surface area contributed by atoms with Gasteiger partial charge in [-0.25, -0.2) is 0 Å². The highest BCUT2D eigenvalue weighted by Crippen LogP contribution is 1.97. The first-order chi connectivity index (χ1) is 5.76. The number of aliphatic hydroxyl groups excluding tert-OH is 1. The zero-order valence-electron chi connectivity index (χ0n) is 7.62. The van der Waals surface area contributed by atoms with Gasteiger partial charge in [-0.15, -0.1) is 6.58 Å². The van der Waals surface area contributed by atoms with E-state index >= 15 is 0 Å². The fraction of sp³-hybridized carbons (Fsp3) is 0.667. The minimum Gasteiger partial charge on any atom is -0.395 e. The van der Waals surface area contributed by atoms with Crippen molar-refractivity contribution in [2.24, 2.45) is 0 Å². The van der Waals surface area contributed by atoms with Crippen LogP contribution in [-0.2, 0) is 4.79 Å². The molecule has 0 atom stereocenters. The number of rotatable bonds is 6. The van der Waals surface area contributed by atoms with E-state index in [1.807, 2.05) is 6.92 Å². The molecule has 0 unspecified atom stereocenters. The first-order valence-electron chi connectivity index (χ1n) is 4.25. The third kappa shape index (κ3) is 4.13. The van der Waals surface area contributed by atoms with Gasteiger partial charge in [-0.1, -0.05) is 6.08 Å². The van der Waals surface area contributed by atoms with Gasteiger partial charge in [0, 0.05) is 19.5 Å². The van der Waals surface area contributed by atoms with Crippen LogP contribution in [0.5, 0.6) is 0 Å². The van der Waals surface area contributed by atoms with Crippen molar-refractivity contribution in [3.63, 3.8) is 0 Å². The number of carbonyl (C=O) groups excluding carboxylic acids is 1. The van der Waals surface area contributed by atoms with Crippen LogP contribution in [0.15, 0.2) is 12.7 Å². The van der Waals surface area contributed by atoms with Gasteiger partial charge >= 0.3 is 0 Å². The van der Waals surface area contributed by atoms with Crippen LogP contribution in [0.2, 0.25) is 0 Å². The smallest absolute Gasteiger partial charge is 0.222 e. The molecule has 0 fully saturated rings. The first-order valence-corrected chi connectivity index (χ1v) is 4.25. The highest BCUT2D eigenvalue weighted by molar-refractivity contribution is 5.76.